The Kier molecular flexibility index (Phi) is 6.05. The van der Waals surface area contributed by atoms with Crippen LogP contribution in [-0.2, 0) is 14.4 Å². The first-order valence-electron chi connectivity index (χ1n) is 8.04. The standard InChI is InChI=1S/C18H19N3O4S/c1-4-25-12-5-6-13-14(7-12)26-17(20-13)21-16(24)15(23)11(9-19)8-18(2,3)10-22/h5-7,10-11H,4,8H2,1-3H3,(H,20,21,24)/t11-/m1/s1. The maximum absolute atomic E-state index is 12.2. The highest BCUT2D eigenvalue weighted by Gasteiger charge is 2.31. The van der Waals surface area contributed by atoms with Crippen LogP contribution in [0.15, 0.2) is 18.2 Å². The largest absolute Gasteiger partial charge is 0.494 e. The normalized spacial score (nSPS) is 12.2. The maximum Gasteiger partial charge on any atom is 0.294 e. The minimum absolute atomic E-state index is 0.0170. The van der Waals surface area contributed by atoms with Crippen LogP contribution in [0.3, 0.4) is 0 Å². The average Bonchev–Trinajstić information content (AvgIpc) is 3.00. The third kappa shape index (κ3) is 4.64. The van der Waals surface area contributed by atoms with Crippen molar-refractivity contribution in [3.05, 3.63) is 18.2 Å². The van der Waals surface area contributed by atoms with Crippen LogP contribution in [0.1, 0.15) is 27.2 Å². The van der Waals surface area contributed by atoms with E-state index < -0.39 is 23.0 Å². The van der Waals surface area contributed by atoms with Crippen LogP contribution in [0.5, 0.6) is 5.75 Å². The number of benzene rings is 1. The number of hydrogen-bond acceptors (Lipinski definition) is 7. The van der Waals surface area contributed by atoms with Crippen LogP contribution in [-0.4, -0.2) is 29.6 Å². The minimum Gasteiger partial charge on any atom is -0.494 e. The molecule has 2 aromatic rings. The SMILES string of the molecule is CCOc1ccc2nc(NC(=O)C(=O)[C@@H](C#N)CC(C)(C)C=O)sc2c1. The summed E-state index contributed by atoms with van der Waals surface area (Å²) < 4.78 is 6.22. The lowest BCUT2D eigenvalue weighted by Gasteiger charge is -2.18. The molecule has 8 heteroatoms. The number of anilines is 1. The van der Waals surface area contributed by atoms with Crippen molar-refractivity contribution < 1.29 is 19.1 Å². The Labute approximate surface area is 155 Å². The van der Waals surface area contributed by atoms with Crippen LogP contribution >= 0.6 is 11.3 Å². The predicted octanol–water partition coefficient (Wildman–Crippen LogP) is 2.96. The van der Waals surface area contributed by atoms with E-state index in [-0.39, 0.29) is 11.6 Å². The number of nitriles is 1. The van der Waals surface area contributed by atoms with Gasteiger partial charge < -0.3 is 9.53 Å². The van der Waals surface area contributed by atoms with Gasteiger partial charge in [-0.1, -0.05) is 25.2 Å². The second-order valence-corrected chi connectivity index (χ2v) is 7.42. The summed E-state index contributed by atoms with van der Waals surface area (Å²) in [5.74, 6) is -2.29. The summed E-state index contributed by atoms with van der Waals surface area (Å²) in [5, 5.41) is 11.9. The number of carbonyl (C=O) groups is 3. The average molecular weight is 373 g/mol. The molecule has 0 aliphatic rings. The molecule has 136 valence electrons. The van der Waals surface area contributed by atoms with Gasteiger partial charge in [0.2, 0.25) is 5.78 Å². The topological polar surface area (TPSA) is 109 Å². The first-order chi connectivity index (χ1) is 12.3. The van der Waals surface area contributed by atoms with Gasteiger partial charge in [-0.25, -0.2) is 4.98 Å². The fraction of sp³-hybridized carbons (Fsp3) is 0.389. The zero-order chi connectivity index (χ0) is 19.3. The number of ketones is 1. The summed E-state index contributed by atoms with van der Waals surface area (Å²) in [6, 6.07) is 7.14. The Bertz CT molecular complexity index is 882. The van der Waals surface area contributed by atoms with Crippen LogP contribution in [0, 0.1) is 22.7 Å². The molecule has 1 heterocycles. The molecule has 7 nitrogen and oxygen atoms in total. The molecule has 1 N–H and O–H groups in total. The molecule has 0 aliphatic heterocycles. The van der Waals surface area contributed by atoms with Gasteiger partial charge in [-0.2, -0.15) is 5.26 Å². The van der Waals surface area contributed by atoms with E-state index in [1.54, 1.807) is 38.1 Å². The molecule has 0 unspecified atom stereocenters. The van der Waals surface area contributed by atoms with Gasteiger partial charge in [-0.05, 0) is 31.5 Å². The monoisotopic (exact) mass is 373 g/mol. The molecular weight excluding hydrogens is 354 g/mol. The van der Waals surface area contributed by atoms with Gasteiger partial charge in [0.25, 0.3) is 5.91 Å². The summed E-state index contributed by atoms with van der Waals surface area (Å²) in [6.45, 7) is 5.64. The highest BCUT2D eigenvalue weighted by Crippen LogP contribution is 2.29. The van der Waals surface area contributed by atoms with Gasteiger partial charge in [0, 0.05) is 5.41 Å². The number of aldehydes is 1. The molecule has 0 saturated carbocycles. The van der Waals surface area contributed by atoms with E-state index in [0.29, 0.717) is 24.2 Å². The van der Waals surface area contributed by atoms with E-state index in [1.807, 2.05) is 6.92 Å². The Balaban J connectivity index is 2.13. The van der Waals surface area contributed by atoms with E-state index >= 15 is 0 Å². The molecule has 1 atom stereocenters. The molecular formula is C18H19N3O4S. The van der Waals surface area contributed by atoms with E-state index in [4.69, 9.17) is 4.74 Å². The molecule has 2 rings (SSSR count). The highest BCUT2D eigenvalue weighted by atomic mass is 32.1. The number of fused-ring (bicyclic) bond motifs is 1. The van der Waals surface area contributed by atoms with Crippen molar-refractivity contribution >= 4 is 44.7 Å². The molecule has 1 amide bonds. The molecule has 0 aliphatic carbocycles. The van der Waals surface area contributed by atoms with Crippen molar-refractivity contribution in [2.75, 3.05) is 11.9 Å². The number of thiazole rings is 1. The highest BCUT2D eigenvalue weighted by molar-refractivity contribution is 7.22. The van der Waals surface area contributed by atoms with E-state index in [2.05, 4.69) is 10.3 Å². The van der Waals surface area contributed by atoms with Gasteiger partial charge >= 0.3 is 0 Å². The van der Waals surface area contributed by atoms with Gasteiger partial charge in [0.1, 0.15) is 18.0 Å². The van der Waals surface area contributed by atoms with Crippen LogP contribution in [0.4, 0.5) is 5.13 Å². The number of hydrogen-bond donors (Lipinski definition) is 1. The Hall–Kier alpha value is -2.79. The fourth-order valence-corrected chi connectivity index (χ4v) is 3.19. The maximum atomic E-state index is 12.2. The van der Waals surface area contributed by atoms with Crippen molar-refractivity contribution in [2.24, 2.45) is 11.3 Å². The second-order valence-electron chi connectivity index (χ2n) is 6.39. The Morgan fingerprint density at radius 2 is 2.19 bits per heavy atom. The van der Waals surface area contributed by atoms with Crippen LogP contribution < -0.4 is 10.1 Å². The summed E-state index contributed by atoms with van der Waals surface area (Å²) >= 11 is 1.21. The third-order valence-electron chi connectivity index (χ3n) is 3.64. The fourth-order valence-electron chi connectivity index (χ4n) is 2.30. The van der Waals surface area contributed by atoms with Gasteiger partial charge in [-0.15, -0.1) is 0 Å². The summed E-state index contributed by atoms with van der Waals surface area (Å²) in [7, 11) is 0. The molecule has 0 fully saturated rings. The quantitative estimate of drug-likeness (QED) is 0.563. The molecule has 0 saturated heterocycles. The number of Topliss-reactive ketones (excluding diaryl/α,β-unsaturated/α-hetero) is 1. The zero-order valence-corrected chi connectivity index (χ0v) is 15.6. The third-order valence-corrected chi connectivity index (χ3v) is 4.57. The second kappa shape index (κ2) is 8.06. The van der Waals surface area contributed by atoms with Gasteiger partial charge in [-0.3, -0.25) is 14.9 Å². The van der Waals surface area contributed by atoms with E-state index in [9.17, 15) is 19.6 Å². The Morgan fingerprint density at radius 3 is 2.81 bits per heavy atom. The first-order valence-corrected chi connectivity index (χ1v) is 8.86. The van der Waals surface area contributed by atoms with E-state index in [0.717, 1.165) is 4.70 Å². The predicted molar refractivity (Wildman–Crippen MR) is 98.0 cm³/mol. The lowest BCUT2D eigenvalue weighted by molar-refractivity contribution is -0.137. The molecule has 1 aromatic heterocycles. The molecule has 26 heavy (non-hydrogen) atoms. The number of carbonyl (C=O) groups excluding carboxylic acids is 3. The van der Waals surface area contributed by atoms with Crippen LogP contribution in [0.25, 0.3) is 10.2 Å². The lowest BCUT2D eigenvalue weighted by atomic mass is 9.83. The number of aromatic nitrogens is 1. The zero-order valence-electron chi connectivity index (χ0n) is 14.7. The van der Waals surface area contributed by atoms with Crippen molar-refractivity contribution in [2.45, 2.75) is 27.2 Å². The van der Waals surface area contributed by atoms with Crippen molar-refractivity contribution in [1.82, 2.24) is 4.98 Å². The summed E-state index contributed by atoms with van der Waals surface area (Å²) in [4.78, 5) is 39.7. The summed E-state index contributed by atoms with van der Waals surface area (Å²) in [6.07, 6.45) is 0.656. The first kappa shape index (κ1) is 19.5. The Morgan fingerprint density at radius 1 is 1.46 bits per heavy atom. The van der Waals surface area contributed by atoms with Crippen molar-refractivity contribution in [3.8, 4) is 11.8 Å². The van der Waals surface area contributed by atoms with E-state index in [1.165, 1.54) is 11.3 Å². The van der Waals surface area contributed by atoms with Gasteiger partial charge in [0.05, 0.1) is 22.9 Å². The number of amides is 1. The molecule has 0 spiro atoms. The van der Waals surface area contributed by atoms with Crippen molar-refractivity contribution in [3.63, 3.8) is 0 Å². The number of nitrogens with zero attached hydrogens (tertiary/aromatic N) is 2. The number of rotatable bonds is 8. The molecule has 0 radical (unpaired) electrons. The van der Waals surface area contributed by atoms with Crippen molar-refractivity contribution in [1.29, 1.82) is 5.26 Å². The number of nitrogens with one attached hydrogen (secondary N) is 1. The molecule has 1 aromatic carbocycles. The number of ether oxygens (including phenoxy) is 1. The van der Waals surface area contributed by atoms with Crippen LogP contribution in [0.2, 0.25) is 0 Å². The minimum atomic E-state index is -1.19. The molecule has 0 bridgehead atoms. The van der Waals surface area contributed by atoms with Gasteiger partial charge in [0.15, 0.2) is 5.13 Å². The summed E-state index contributed by atoms with van der Waals surface area (Å²) in [5.41, 5.74) is -0.192. The smallest absolute Gasteiger partial charge is 0.294 e. The lowest BCUT2D eigenvalue weighted by Crippen LogP contribution is -2.32.